The minimum Gasteiger partial charge on any atom is -0.497 e. The molecule has 1 N–H and O–H groups in total. The molecule has 1 fully saturated rings. The molecule has 0 atom stereocenters. The van der Waals surface area contributed by atoms with Crippen LogP contribution in [-0.2, 0) is 6.54 Å². The molecule has 4 aromatic rings. The highest BCUT2D eigenvalue weighted by molar-refractivity contribution is 6.13. The zero-order chi connectivity index (χ0) is 27.0. The number of carbonyl (C=O) groups is 1. The van der Waals surface area contributed by atoms with Gasteiger partial charge in [0.15, 0.2) is 11.6 Å². The van der Waals surface area contributed by atoms with Crippen LogP contribution in [0, 0.1) is 11.6 Å². The quantitative estimate of drug-likeness (QED) is 0.341. The zero-order valence-corrected chi connectivity index (χ0v) is 21.5. The summed E-state index contributed by atoms with van der Waals surface area (Å²) in [5, 5.41) is 3.75. The smallest absolute Gasteiger partial charge is 0.262 e. The first-order valence-electron chi connectivity index (χ1n) is 12.9. The normalized spacial score (nSPS) is 16.6. The Hall–Kier alpha value is -4.30. The fourth-order valence-electron chi connectivity index (χ4n) is 5.60. The molecule has 3 heterocycles. The molecule has 0 aliphatic carbocycles. The van der Waals surface area contributed by atoms with E-state index < -0.39 is 17.3 Å². The number of piperidine rings is 1. The summed E-state index contributed by atoms with van der Waals surface area (Å²) in [7, 11) is 1.61. The van der Waals surface area contributed by atoms with Crippen molar-refractivity contribution in [2.24, 2.45) is 0 Å². The topological polar surface area (TPSA) is 57.7 Å². The third-order valence-corrected chi connectivity index (χ3v) is 7.67. The molecule has 0 radical (unpaired) electrons. The third kappa shape index (κ3) is 4.72. The number of carbonyl (C=O) groups excluding carboxylic acids is 1. The Morgan fingerprint density at radius 3 is 2.33 bits per heavy atom. The standard InChI is InChI=1S/C31H28F2N4O2/c1-39-25-6-4-24(5-7-25)37-30(38)26-8-3-23(22-10-14-34-15-11-22)19-29(26)35-31(37)12-16-36(17-13-31)20-21-2-9-27(32)28(33)18-21/h2-11,14-15,18-19,35H,12-13,16-17,20H2,1H3. The number of anilines is 2. The number of nitrogens with zero attached hydrogens (tertiary/aromatic N) is 3. The number of fused-ring (bicyclic) bond motifs is 1. The van der Waals surface area contributed by atoms with Crippen LogP contribution in [-0.4, -0.2) is 41.7 Å². The van der Waals surface area contributed by atoms with Crippen molar-refractivity contribution >= 4 is 17.3 Å². The van der Waals surface area contributed by atoms with Gasteiger partial charge in [0.05, 0.1) is 12.7 Å². The predicted molar refractivity (Wildman–Crippen MR) is 147 cm³/mol. The van der Waals surface area contributed by atoms with Crippen LogP contribution in [0.1, 0.15) is 28.8 Å². The molecule has 0 saturated carbocycles. The van der Waals surface area contributed by atoms with E-state index in [2.05, 4.69) is 15.2 Å². The van der Waals surface area contributed by atoms with E-state index in [1.54, 1.807) is 25.6 Å². The van der Waals surface area contributed by atoms with Crippen molar-refractivity contribution in [3.05, 3.63) is 108 Å². The number of halogens is 2. The number of hydrogen-bond donors (Lipinski definition) is 1. The van der Waals surface area contributed by atoms with Gasteiger partial charge in [0, 0.05) is 56.2 Å². The van der Waals surface area contributed by atoms with Crippen molar-refractivity contribution in [3.63, 3.8) is 0 Å². The lowest BCUT2D eigenvalue weighted by Crippen LogP contribution is -2.64. The molecule has 1 spiro atoms. The van der Waals surface area contributed by atoms with Crippen molar-refractivity contribution in [1.29, 1.82) is 0 Å². The van der Waals surface area contributed by atoms with Gasteiger partial charge in [-0.1, -0.05) is 12.1 Å². The number of ether oxygens (including phenoxy) is 1. The lowest BCUT2D eigenvalue weighted by atomic mass is 9.88. The van der Waals surface area contributed by atoms with E-state index in [9.17, 15) is 13.6 Å². The Morgan fingerprint density at radius 2 is 1.64 bits per heavy atom. The summed E-state index contributed by atoms with van der Waals surface area (Å²) in [6.45, 7) is 1.85. The maximum atomic E-state index is 14.1. The molecule has 1 amide bonds. The van der Waals surface area contributed by atoms with Crippen molar-refractivity contribution in [2.45, 2.75) is 25.0 Å². The minimum atomic E-state index is -0.846. The fraction of sp³-hybridized carbons (Fsp3) is 0.226. The molecule has 3 aromatic carbocycles. The second-order valence-electron chi connectivity index (χ2n) is 10.0. The molecule has 1 aromatic heterocycles. The zero-order valence-electron chi connectivity index (χ0n) is 21.5. The molecule has 6 nitrogen and oxygen atoms in total. The molecule has 0 bridgehead atoms. The number of rotatable bonds is 5. The van der Waals surface area contributed by atoms with E-state index in [0.717, 1.165) is 28.1 Å². The second kappa shape index (κ2) is 10.1. The SMILES string of the molecule is COc1ccc(N2C(=O)c3ccc(-c4ccncc4)cc3NC23CCN(Cc2ccc(F)c(F)c2)CC3)cc1. The van der Waals surface area contributed by atoms with Gasteiger partial charge in [-0.2, -0.15) is 0 Å². The maximum Gasteiger partial charge on any atom is 0.262 e. The van der Waals surface area contributed by atoms with Crippen LogP contribution in [0.5, 0.6) is 5.75 Å². The molecule has 2 aliphatic rings. The number of pyridine rings is 1. The van der Waals surface area contributed by atoms with Crippen LogP contribution in [0.3, 0.4) is 0 Å². The number of methoxy groups -OCH3 is 1. The summed E-state index contributed by atoms with van der Waals surface area (Å²) in [6.07, 6.45) is 4.80. The van der Waals surface area contributed by atoms with Gasteiger partial charge < -0.3 is 10.1 Å². The lowest BCUT2D eigenvalue weighted by molar-refractivity contribution is 0.0904. The van der Waals surface area contributed by atoms with Crippen molar-refractivity contribution in [3.8, 4) is 16.9 Å². The van der Waals surface area contributed by atoms with Crippen LogP contribution >= 0.6 is 0 Å². The molecule has 39 heavy (non-hydrogen) atoms. The molecular weight excluding hydrogens is 498 g/mol. The van der Waals surface area contributed by atoms with E-state index in [-0.39, 0.29) is 5.91 Å². The summed E-state index contributed by atoms with van der Waals surface area (Å²) < 4.78 is 32.5. The van der Waals surface area contributed by atoms with Gasteiger partial charge in [-0.05, 0) is 77.4 Å². The number of aromatic nitrogens is 1. The molecular formula is C31H28F2N4O2. The summed E-state index contributed by atoms with van der Waals surface area (Å²) in [6, 6.07) is 21.3. The number of benzene rings is 3. The number of nitrogens with one attached hydrogen (secondary N) is 1. The first-order valence-corrected chi connectivity index (χ1v) is 12.9. The van der Waals surface area contributed by atoms with Crippen LogP contribution in [0.4, 0.5) is 20.2 Å². The van der Waals surface area contributed by atoms with Crippen LogP contribution in [0.15, 0.2) is 85.2 Å². The summed E-state index contributed by atoms with van der Waals surface area (Å²) in [4.78, 5) is 22.3. The average Bonchev–Trinajstić information content (AvgIpc) is 2.97. The van der Waals surface area contributed by atoms with E-state index in [1.165, 1.54) is 12.1 Å². The van der Waals surface area contributed by atoms with Crippen LogP contribution in [0.2, 0.25) is 0 Å². The van der Waals surface area contributed by atoms with Gasteiger partial charge in [-0.25, -0.2) is 8.78 Å². The maximum absolute atomic E-state index is 14.1. The predicted octanol–water partition coefficient (Wildman–Crippen LogP) is 6.10. The Balaban J connectivity index is 1.33. The average molecular weight is 527 g/mol. The molecule has 1 saturated heterocycles. The number of hydrogen-bond acceptors (Lipinski definition) is 5. The van der Waals surface area contributed by atoms with Gasteiger partial charge in [0.25, 0.3) is 5.91 Å². The minimum absolute atomic E-state index is 0.0655. The molecule has 2 aliphatic heterocycles. The Labute approximate surface area is 225 Å². The summed E-state index contributed by atoms with van der Waals surface area (Å²) in [5.74, 6) is -1.03. The van der Waals surface area contributed by atoms with E-state index >= 15 is 0 Å². The number of likely N-dealkylation sites (tertiary alicyclic amines) is 1. The fourth-order valence-corrected chi connectivity index (χ4v) is 5.60. The monoisotopic (exact) mass is 526 g/mol. The Bertz CT molecular complexity index is 1500. The highest BCUT2D eigenvalue weighted by Crippen LogP contribution is 2.42. The highest BCUT2D eigenvalue weighted by atomic mass is 19.2. The van der Waals surface area contributed by atoms with Crippen LogP contribution < -0.4 is 15.0 Å². The van der Waals surface area contributed by atoms with Crippen molar-refractivity contribution in [2.75, 3.05) is 30.4 Å². The molecule has 8 heteroatoms. The van der Waals surface area contributed by atoms with Gasteiger partial charge in [-0.15, -0.1) is 0 Å². The van der Waals surface area contributed by atoms with Gasteiger partial charge in [0.2, 0.25) is 0 Å². The van der Waals surface area contributed by atoms with Gasteiger partial charge in [0.1, 0.15) is 11.4 Å². The van der Waals surface area contributed by atoms with Gasteiger partial charge in [-0.3, -0.25) is 19.6 Å². The number of amides is 1. The molecule has 6 rings (SSSR count). The Kier molecular flexibility index (Phi) is 6.48. The van der Waals surface area contributed by atoms with E-state index in [4.69, 9.17) is 4.74 Å². The van der Waals surface area contributed by atoms with E-state index in [1.807, 2.05) is 59.5 Å². The molecule has 198 valence electrons. The largest absolute Gasteiger partial charge is 0.497 e. The second-order valence-corrected chi connectivity index (χ2v) is 10.0. The van der Waals surface area contributed by atoms with Crippen molar-refractivity contribution in [1.82, 2.24) is 9.88 Å². The summed E-state index contributed by atoms with van der Waals surface area (Å²) >= 11 is 0. The Morgan fingerprint density at radius 1 is 0.897 bits per heavy atom. The van der Waals surface area contributed by atoms with Crippen LogP contribution in [0.25, 0.3) is 11.1 Å². The molecule has 0 unspecified atom stereocenters. The van der Waals surface area contributed by atoms with E-state index in [0.29, 0.717) is 43.8 Å². The highest BCUT2D eigenvalue weighted by Gasteiger charge is 2.47. The first kappa shape index (κ1) is 25.0. The first-order chi connectivity index (χ1) is 19.0. The van der Waals surface area contributed by atoms with Crippen molar-refractivity contribution < 1.29 is 18.3 Å². The van der Waals surface area contributed by atoms with Gasteiger partial charge >= 0.3 is 0 Å². The summed E-state index contributed by atoms with van der Waals surface area (Å²) in [5.41, 5.74) is 4.28. The third-order valence-electron chi connectivity index (χ3n) is 7.67. The lowest BCUT2D eigenvalue weighted by Gasteiger charge is -2.52.